The van der Waals surface area contributed by atoms with Gasteiger partial charge in [-0.3, -0.25) is 4.79 Å². The average Bonchev–Trinajstić information content (AvgIpc) is 3.31. The van der Waals surface area contributed by atoms with E-state index in [0.29, 0.717) is 23.2 Å². The first-order valence-electron chi connectivity index (χ1n) is 10.6. The normalized spacial score (nSPS) is 19.6. The first kappa shape index (κ1) is 21.3. The number of halogens is 1. The molecule has 1 amide bonds. The van der Waals surface area contributed by atoms with Crippen molar-refractivity contribution in [3.8, 4) is 16.9 Å². The predicted molar refractivity (Wildman–Crippen MR) is 126 cm³/mol. The van der Waals surface area contributed by atoms with E-state index in [4.69, 9.17) is 5.10 Å². The molecule has 1 N–H and O–H groups in total. The van der Waals surface area contributed by atoms with Crippen LogP contribution in [-0.2, 0) is 9.84 Å². The standard InChI is InChI=1S/C25H22FN3O3S/c1-25(13-14-33(31,32)16-25)27-24(30)18-7-12-21-22(15-18)29(20-10-8-19(26)9-11-20)28-23(21)17-5-3-2-4-6-17/h2-12,15H,13-14,16H2,1H3,(H,27,30). The number of carbonyl (C=O) groups excluding carboxylic acids is 1. The predicted octanol–water partition coefficient (Wildman–Crippen LogP) is 4.14. The summed E-state index contributed by atoms with van der Waals surface area (Å²) in [6.07, 6.45) is 0.384. The molecule has 0 saturated carbocycles. The number of sulfone groups is 1. The van der Waals surface area contributed by atoms with Gasteiger partial charge in [0.05, 0.1) is 28.2 Å². The quantitative estimate of drug-likeness (QED) is 0.493. The highest BCUT2D eigenvalue weighted by atomic mass is 32.2. The number of nitrogens with zero attached hydrogens (tertiary/aromatic N) is 2. The molecule has 0 radical (unpaired) electrons. The molecule has 1 saturated heterocycles. The molecule has 33 heavy (non-hydrogen) atoms. The molecular formula is C25H22FN3O3S. The molecule has 5 rings (SSSR count). The van der Waals surface area contributed by atoms with Crippen LogP contribution in [0, 0.1) is 5.82 Å². The molecule has 8 heteroatoms. The van der Waals surface area contributed by atoms with E-state index in [0.717, 1.165) is 16.6 Å². The van der Waals surface area contributed by atoms with Gasteiger partial charge >= 0.3 is 0 Å². The van der Waals surface area contributed by atoms with Crippen molar-refractivity contribution in [1.82, 2.24) is 15.1 Å². The molecule has 1 fully saturated rings. The lowest BCUT2D eigenvalue weighted by molar-refractivity contribution is 0.0915. The molecule has 1 aliphatic heterocycles. The fourth-order valence-electron chi connectivity index (χ4n) is 4.30. The first-order chi connectivity index (χ1) is 15.7. The van der Waals surface area contributed by atoms with Gasteiger partial charge in [0, 0.05) is 16.5 Å². The van der Waals surface area contributed by atoms with Gasteiger partial charge in [0.2, 0.25) is 0 Å². The largest absolute Gasteiger partial charge is 0.346 e. The monoisotopic (exact) mass is 463 g/mol. The van der Waals surface area contributed by atoms with E-state index in [1.54, 1.807) is 35.9 Å². The minimum absolute atomic E-state index is 0.0698. The lowest BCUT2D eigenvalue weighted by atomic mass is 10.0. The van der Waals surface area contributed by atoms with Gasteiger partial charge in [-0.1, -0.05) is 30.3 Å². The Kier molecular flexibility index (Phi) is 5.05. The summed E-state index contributed by atoms with van der Waals surface area (Å²) in [5.41, 5.74) is 2.63. The second kappa shape index (κ2) is 7.81. The van der Waals surface area contributed by atoms with Crippen LogP contribution in [0.15, 0.2) is 72.8 Å². The number of aromatic nitrogens is 2. The first-order valence-corrected chi connectivity index (χ1v) is 12.4. The molecule has 168 valence electrons. The molecule has 6 nitrogen and oxygen atoms in total. The maximum atomic E-state index is 13.5. The summed E-state index contributed by atoms with van der Waals surface area (Å²) >= 11 is 0. The van der Waals surface area contributed by atoms with E-state index in [1.807, 2.05) is 36.4 Å². The van der Waals surface area contributed by atoms with Crippen molar-refractivity contribution in [1.29, 1.82) is 0 Å². The van der Waals surface area contributed by atoms with Gasteiger partial charge in [-0.05, 0) is 55.8 Å². The van der Waals surface area contributed by atoms with Crippen LogP contribution in [0.25, 0.3) is 27.8 Å². The van der Waals surface area contributed by atoms with Gasteiger partial charge in [-0.15, -0.1) is 0 Å². The summed E-state index contributed by atoms with van der Waals surface area (Å²) in [6.45, 7) is 1.75. The topological polar surface area (TPSA) is 81.1 Å². The van der Waals surface area contributed by atoms with Crippen molar-refractivity contribution in [3.05, 3.63) is 84.2 Å². The van der Waals surface area contributed by atoms with Crippen LogP contribution in [0.3, 0.4) is 0 Å². The highest BCUT2D eigenvalue weighted by Crippen LogP contribution is 2.31. The number of rotatable bonds is 4. The second-order valence-corrected chi connectivity index (χ2v) is 10.9. The number of amides is 1. The Balaban J connectivity index is 1.59. The minimum atomic E-state index is -3.15. The van der Waals surface area contributed by atoms with Crippen molar-refractivity contribution in [3.63, 3.8) is 0 Å². The van der Waals surface area contributed by atoms with Crippen molar-refractivity contribution in [2.75, 3.05) is 11.5 Å². The molecule has 2 heterocycles. The van der Waals surface area contributed by atoms with Crippen molar-refractivity contribution in [2.24, 2.45) is 0 Å². The van der Waals surface area contributed by atoms with Gasteiger partial charge in [0.25, 0.3) is 5.91 Å². The highest BCUT2D eigenvalue weighted by Gasteiger charge is 2.39. The summed E-state index contributed by atoms with van der Waals surface area (Å²) in [5, 5.41) is 8.52. The van der Waals surface area contributed by atoms with Crippen LogP contribution in [0.4, 0.5) is 4.39 Å². The van der Waals surface area contributed by atoms with Gasteiger partial charge in [0.15, 0.2) is 9.84 Å². The molecule has 0 spiro atoms. The van der Waals surface area contributed by atoms with Crippen LogP contribution in [-0.4, -0.2) is 41.2 Å². The van der Waals surface area contributed by atoms with Gasteiger partial charge in [-0.2, -0.15) is 5.10 Å². The number of hydrogen-bond donors (Lipinski definition) is 1. The van der Waals surface area contributed by atoms with Gasteiger partial charge in [-0.25, -0.2) is 17.5 Å². The van der Waals surface area contributed by atoms with Gasteiger partial charge in [0.1, 0.15) is 11.5 Å². The van der Waals surface area contributed by atoms with Crippen molar-refractivity contribution < 1.29 is 17.6 Å². The van der Waals surface area contributed by atoms with Crippen LogP contribution in [0.1, 0.15) is 23.7 Å². The Morgan fingerprint density at radius 3 is 2.45 bits per heavy atom. The number of benzene rings is 3. The Morgan fingerprint density at radius 1 is 1.06 bits per heavy atom. The maximum Gasteiger partial charge on any atom is 0.251 e. The van der Waals surface area contributed by atoms with E-state index >= 15 is 0 Å². The number of hydrogen-bond acceptors (Lipinski definition) is 4. The third-order valence-corrected chi connectivity index (χ3v) is 7.88. The summed E-state index contributed by atoms with van der Waals surface area (Å²) < 4.78 is 39.0. The smallest absolute Gasteiger partial charge is 0.251 e. The number of fused-ring (bicyclic) bond motifs is 1. The summed E-state index contributed by atoms with van der Waals surface area (Å²) in [6, 6.07) is 21.0. The van der Waals surface area contributed by atoms with Crippen LogP contribution >= 0.6 is 0 Å². The molecule has 1 unspecified atom stereocenters. The zero-order valence-corrected chi connectivity index (χ0v) is 18.8. The van der Waals surface area contributed by atoms with Gasteiger partial charge < -0.3 is 5.32 Å². The summed E-state index contributed by atoms with van der Waals surface area (Å²) in [4.78, 5) is 13.0. The third-order valence-electron chi connectivity index (χ3n) is 5.98. The van der Waals surface area contributed by atoms with Crippen molar-refractivity contribution >= 4 is 26.6 Å². The fourth-order valence-corrected chi connectivity index (χ4v) is 6.39. The Morgan fingerprint density at radius 2 is 1.79 bits per heavy atom. The lowest BCUT2D eigenvalue weighted by Gasteiger charge is -2.23. The molecular weight excluding hydrogens is 441 g/mol. The van der Waals surface area contributed by atoms with Crippen LogP contribution in [0.5, 0.6) is 0 Å². The number of nitrogens with one attached hydrogen (secondary N) is 1. The molecule has 1 atom stereocenters. The fraction of sp³-hybridized carbons (Fsp3) is 0.200. The van der Waals surface area contributed by atoms with Crippen LogP contribution in [0.2, 0.25) is 0 Å². The zero-order valence-electron chi connectivity index (χ0n) is 18.0. The van der Waals surface area contributed by atoms with E-state index < -0.39 is 15.4 Å². The summed E-state index contributed by atoms with van der Waals surface area (Å²) in [7, 11) is -3.15. The highest BCUT2D eigenvalue weighted by molar-refractivity contribution is 7.91. The Hall–Kier alpha value is -3.52. The molecule has 3 aromatic carbocycles. The van der Waals surface area contributed by atoms with E-state index in [-0.39, 0.29) is 23.2 Å². The van der Waals surface area contributed by atoms with E-state index in [1.165, 1.54) is 12.1 Å². The molecule has 1 aliphatic rings. The van der Waals surface area contributed by atoms with E-state index in [2.05, 4.69) is 5.32 Å². The molecule has 0 bridgehead atoms. The van der Waals surface area contributed by atoms with Crippen molar-refractivity contribution in [2.45, 2.75) is 18.9 Å². The van der Waals surface area contributed by atoms with E-state index in [9.17, 15) is 17.6 Å². The van der Waals surface area contributed by atoms with Crippen LogP contribution < -0.4 is 5.32 Å². The lowest BCUT2D eigenvalue weighted by Crippen LogP contribution is -2.46. The maximum absolute atomic E-state index is 13.5. The average molecular weight is 464 g/mol. The zero-order chi connectivity index (χ0) is 23.2. The minimum Gasteiger partial charge on any atom is -0.346 e. The second-order valence-electron chi connectivity index (χ2n) is 8.69. The SMILES string of the molecule is CC1(NC(=O)c2ccc3c(-c4ccccc4)nn(-c4ccc(F)cc4)c3c2)CCS(=O)(=O)C1. The summed E-state index contributed by atoms with van der Waals surface area (Å²) in [5.74, 6) is -0.691. The Bertz CT molecular complexity index is 1460. The number of carbonyl (C=O) groups is 1. The molecule has 0 aliphatic carbocycles. The Labute approximate surface area is 191 Å². The molecule has 4 aromatic rings. The third kappa shape index (κ3) is 4.14. The molecule has 1 aromatic heterocycles.